The van der Waals surface area contributed by atoms with E-state index in [-0.39, 0.29) is 23.4 Å². The molecule has 0 bridgehead atoms. The van der Waals surface area contributed by atoms with Crippen LogP contribution in [-0.2, 0) is 19.1 Å². The van der Waals surface area contributed by atoms with Crippen molar-refractivity contribution in [2.24, 2.45) is 11.8 Å². The first-order valence-corrected chi connectivity index (χ1v) is 14.8. The van der Waals surface area contributed by atoms with Gasteiger partial charge in [-0.05, 0) is 48.9 Å². The molecule has 0 saturated carbocycles. The van der Waals surface area contributed by atoms with Crippen LogP contribution in [0.3, 0.4) is 0 Å². The average Bonchev–Trinajstić information content (AvgIpc) is 3.65. The second-order valence-corrected chi connectivity index (χ2v) is 10.7. The number of carboxylic acids is 1. The lowest BCUT2D eigenvalue weighted by molar-refractivity contribution is -0.191. The molecule has 10 nitrogen and oxygen atoms in total. The summed E-state index contributed by atoms with van der Waals surface area (Å²) in [6.45, 7) is 9.74. The number of aromatic carboxylic acids is 1. The van der Waals surface area contributed by atoms with Crippen molar-refractivity contribution in [1.82, 2.24) is 0 Å². The molecular formula is C32H48O10. The van der Waals surface area contributed by atoms with Gasteiger partial charge in [0.15, 0.2) is 0 Å². The first kappa shape index (κ1) is 38.4. The van der Waals surface area contributed by atoms with E-state index in [4.69, 9.17) is 28.6 Å². The van der Waals surface area contributed by atoms with Gasteiger partial charge in [0.05, 0.1) is 19.5 Å². The third kappa shape index (κ3) is 21.1. The molecule has 0 amide bonds. The highest BCUT2D eigenvalue weighted by Crippen LogP contribution is 2.14. The maximum absolute atomic E-state index is 12.1. The Morgan fingerprint density at radius 2 is 1.10 bits per heavy atom. The zero-order valence-electron chi connectivity index (χ0n) is 25.6. The Labute approximate surface area is 249 Å². The Bertz CT molecular complexity index is 948. The van der Waals surface area contributed by atoms with Gasteiger partial charge in [0.1, 0.15) is 0 Å². The number of unbranched alkanes of at least 4 members (excludes halogenated alkanes) is 8. The molecule has 0 radical (unpaired) electrons. The number of hydrogen-bond donors (Lipinski definition) is 1. The lowest BCUT2D eigenvalue weighted by Gasteiger charge is -2.05. The molecule has 1 N–H and O–H groups in total. The van der Waals surface area contributed by atoms with Gasteiger partial charge in [-0.2, -0.15) is 9.59 Å². The van der Waals surface area contributed by atoms with Crippen LogP contribution in [0, 0.1) is 11.8 Å². The highest BCUT2D eigenvalue weighted by molar-refractivity contribution is 5.90. The van der Waals surface area contributed by atoms with Crippen LogP contribution >= 0.6 is 0 Å². The molecule has 0 aliphatic carbocycles. The lowest BCUT2D eigenvalue weighted by atomic mass is 10.0. The molecule has 0 saturated heterocycles. The minimum absolute atomic E-state index is 0.0231. The maximum atomic E-state index is 12.1. The normalized spacial score (nSPS) is 10.2. The molecule has 0 atom stereocenters. The zero-order chi connectivity index (χ0) is 31.6. The van der Waals surface area contributed by atoms with Crippen LogP contribution in [-0.4, -0.2) is 42.4 Å². The van der Waals surface area contributed by atoms with Gasteiger partial charge in [-0.15, -0.1) is 0 Å². The second-order valence-electron chi connectivity index (χ2n) is 10.7. The van der Waals surface area contributed by atoms with Gasteiger partial charge in [0, 0.05) is 0 Å². The van der Waals surface area contributed by atoms with Gasteiger partial charge in [0.2, 0.25) is 17.3 Å². The number of rotatable bonds is 19. The minimum atomic E-state index is -1.03. The van der Waals surface area contributed by atoms with Crippen LogP contribution in [0.5, 0.6) is 0 Å². The largest absolute Gasteiger partial charge is 0.475 e. The summed E-state index contributed by atoms with van der Waals surface area (Å²) in [6.07, 6.45) is 15.2. The molecular weight excluding hydrogens is 544 g/mol. The number of hydrogen-bond acceptors (Lipinski definition) is 9. The fourth-order valence-electron chi connectivity index (χ4n) is 3.80. The molecule has 2 aromatic heterocycles. The van der Waals surface area contributed by atoms with Crippen LogP contribution in [0.4, 0.5) is 0 Å². The number of furan rings is 2. The van der Waals surface area contributed by atoms with E-state index in [0.29, 0.717) is 13.2 Å². The Balaban J connectivity index is 0.00000127. The van der Waals surface area contributed by atoms with Crippen molar-refractivity contribution < 1.29 is 47.4 Å². The van der Waals surface area contributed by atoms with Crippen LogP contribution in [0.15, 0.2) is 39.4 Å². The molecule has 236 valence electrons. The molecule has 2 aromatic rings. The van der Waals surface area contributed by atoms with Crippen molar-refractivity contribution in [2.75, 3.05) is 13.2 Å². The van der Waals surface area contributed by atoms with Crippen molar-refractivity contribution in [1.29, 1.82) is 0 Å². The Hall–Kier alpha value is -3.65. The van der Waals surface area contributed by atoms with E-state index in [1.165, 1.54) is 81.9 Å². The minimum Gasteiger partial charge on any atom is -0.475 e. The van der Waals surface area contributed by atoms with Gasteiger partial charge in [-0.25, -0.2) is 14.4 Å². The average molecular weight is 593 g/mol. The van der Waals surface area contributed by atoms with E-state index in [0.717, 1.165) is 37.5 Å². The smallest absolute Gasteiger partial charge is 0.374 e. The van der Waals surface area contributed by atoms with Gasteiger partial charge < -0.3 is 23.4 Å². The third-order valence-corrected chi connectivity index (χ3v) is 6.06. The highest BCUT2D eigenvalue weighted by atomic mass is 16.6. The monoisotopic (exact) mass is 592 g/mol. The summed E-state index contributed by atoms with van der Waals surface area (Å²) in [4.78, 5) is 50.3. The van der Waals surface area contributed by atoms with E-state index in [1.54, 1.807) is 0 Å². The fraction of sp³-hybridized carbons (Fsp3) is 0.625. The Kier molecular flexibility index (Phi) is 22.9. The number of carbonyl (C=O) groups is 3. The number of carboxylic acid groups (broad SMARTS) is 1. The summed E-state index contributed by atoms with van der Waals surface area (Å²) >= 11 is 0. The summed E-state index contributed by atoms with van der Waals surface area (Å²) in [6, 6.07) is 5.87. The van der Waals surface area contributed by atoms with E-state index in [1.807, 2.05) is 0 Å². The summed E-state index contributed by atoms with van der Waals surface area (Å²) < 4.78 is 20.3. The first-order valence-electron chi connectivity index (χ1n) is 14.8. The van der Waals surface area contributed by atoms with E-state index in [2.05, 4.69) is 32.1 Å². The van der Waals surface area contributed by atoms with Gasteiger partial charge in [-0.1, -0.05) is 91.9 Å². The summed E-state index contributed by atoms with van der Waals surface area (Å²) in [5, 5.41) is 8.18. The molecule has 0 unspecified atom stereocenters. The number of carbonyl (C=O) groups excluding carboxylic acids is 4. The Morgan fingerprint density at radius 1 is 0.690 bits per heavy atom. The van der Waals surface area contributed by atoms with Crippen LogP contribution in [0.2, 0.25) is 0 Å². The quantitative estimate of drug-likeness (QED) is 0.126. The molecule has 0 aliphatic heterocycles. The van der Waals surface area contributed by atoms with Crippen molar-refractivity contribution in [3.63, 3.8) is 0 Å². The molecule has 2 rings (SSSR count). The van der Waals surface area contributed by atoms with Crippen molar-refractivity contribution in [3.05, 3.63) is 47.8 Å². The molecule has 0 spiro atoms. The first-order chi connectivity index (χ1) is 20.1. The Morgan fingerprint density at radius 3 is 1.43 bits per heavy atom. The lowest BCUT2D eigenvalue weighted by Crippen LogP contribution is -2.07. The number of esters is 2. The predicted octanol–water partition coefficient (Wildman–Crippen LogP) is 7.98. The van der Waals surface area contributed by atoms with Crippen LogP contribution < -0.4 is 0 Å². The van der Waals surface area contributed by atoms with Gasteiger partial charge >= 0.3 is 24.1 Å². The van der Waals surface area contributed by atoms with Crippen molar-refractivity contribution in [2.45, 2.75) is 105 Å². The van der Waals surface area contributed by atoms with E-state index < -0.39 is 17.9 Å². The van der Waals surface area contributed by atoms with E-state index >= 15 is 0 Å². The highest BCUT2D eigenvalue weighted by Gasteiger charge is 2.17. The van der Waals surface area contributed by atoms with Crippen molar-refractivity contribution in [3.8, 4) is 0 Å². The van der Waals surface area contributed by atoms with E-state index in [9.17, 15) is 14.4 Å². The zero-order valence-corrected chi connectivity index (χ0v) is 25.6. The predicted molar refractivity (Wildman–Crippen MR) is 155 cm³/mol. The summed E-state index contributed by atoms with van der Waals surface area (Å²) in [5.41, 5.74) is 0. The van der Waals surface area contributed by atoms with Gasteiger partial charge in [-0.3, -0.25) is 0 Å². The number of ether oxygens (including phenoxy) is 2. The second kappa shape index (κ2) is 25.1. The fourth-order valence-corrected chi connectivity index (χ4v) is 3.80. The molecule has 0 aliphatic rings. The van der Waals surface area contributed by atoms with Crippen LogP contribution in [0.25, 0.3) is 0 Å². The molecule has 42 heavy (non-hydrogen) atoms. The molecule has 0 fully saturated rings. The molecule has 0 aromatic carbocycles. The standard InChI is InChI=1S/C26H44O5.C5H4O3.CO2/c1-21(2)15-11-7-5-9-13-19-29-25(27)23-17-18-24(31-23)26(28)30-20-14-10-6-8-12-16-22(3)4;6-5(7)4-2-1-3-8-4;2-1-3/h17-18,21-22H,5-16,19-20H2,1-4H3;1-3H,(H,6,7);. The van der Waals surface area contributed by atoms with Crippen molar-refractivity contribution >= 4 is 24.1 Å². The van der Waals surface area contributed by atoms with Gasteiger partial charge in [0.25, 0.3) is 0 Å². The maximum Gasteiger partial charge on any atom is 0.374 e. The third-order valence-electron chi connectivity index (χ3n) is 6.06. The summed E-state index contributed by atoms with van der Waals surface area (Å²) in [7, 11) is 0. The topological polar surface area (TPSA) is 150 Å². The SMILES string of the molecule is CC(C)CCCCCCCOC(=O)c1ccc(C(=O)OCCCCCCCC(C)C)o1.O=C(O)c1ccco1.O=C=O. The van der Waals surface area contributed by atoms with Crippen LogP contribution in [0.1, 0.15) is 136 Å². The summed E-state index contributed by atoms with van der Waals surface area (Å²) in [5.74, 6) is -0.481. The molecule has 10 heteroatoms. The molecule has 2 heterocycles.